The zero-order valence-electron chi connectivity index (χ0n) is 12.2. The third kappa shape index (κ3) is 4.80. The van der Waals surface area contributed by atoms with Crippen molar-refractivity contribution in [2.24, 2.45) is 5.10 Å². The first-order chi connectivity index (χ1) is 11.4. The van der Waals surface area contributed by atoms with Crippen LogP contribution in [0.2, 0.25) is 0 Å². The summed E-state index contributed by atoms with van der Waals surface area (Å²) < 4.78 is 56.5. The lowest BCUT2D eigenvalue weighted by atomic mass is 10.1. The number of nitrogens with one attached hydrogen (secondary N) is 1. The fourth-order valence-corrected chi connectivity index (χ4v) is 1.78. The summed E-state index contributed by atoms with van der Waals surface area (Å²) in [6.07, 6.45) is -3.65. The molecule has 0 fully saturated rings. The summed E-state index contributed by atoms with van der Waals surface area (Å²) in [4.78, 5) is 11.5. The largest absolute Gasteiger partial charge is 0.481 e. The van der Waals surface area contributed by atoms with Crippen LogP contribution in [0.15, 0.2) is 53.6 Å². The number of alkyl halides is 3. The van der Waals surface area contributed by atoms with Crippen molar-refractivity contribution in [1.82, 2.24) is 5.43 Å². The second kappa shape index (κ2) is 7.58. The predicted octanol–water partition coefficient (Wildman–Crippen LogP) is 3.37. The van der Waals surface area contributed by atoms with Crippen molar-refractivity contribution < 1.29 is 27.1 Å². The Labute approximate surface area is 134 Å². The highest BCUT2D eigenvalue weighted by molar-refractivity contribution is 5.84. The van der Waals surface area contributed by atoms with Gasteiger partial charge in [-0.05, 0) is 18.2 Å². The molecule has 0 saturated heterocycles. The molecule has 0 unspecified atom stereocenters. The van der Waals surface area contributed by atoms with E-state index in [-0.39, 0.29) is 11.3 Å². The summed E-state index contributed by atoms with van der Waals surface area (Å²) in [5, 5.41) is 3.45. The van der Waals surface area contributed by atoms with E-state index in [1.54, 1.807) is 0 Å². The van der Waals surface area contributed by atoms with Crippen LogP contribution in [0.1, 0.15) is 11.1 Å². The van der Waals surface area contributed by atoms with Gasteiger partial charge in [0, 0.05) is 5.56 Å². The summed E-state index contributed by atoms with van der Waals surface area (Å²) in [5.41, 5.74) is 0.951. The second-order valence-electron chi connectivity index (χ2n) is 4.60. The maximum absolute atomic E-state index is 13.3. The van der Waals surface area contributed by atoms with Gasteiger partial charge in [-0.2, -0.15) is 18.3 Å². The molecule has 0 aromatic heterocycles. The standard InChI is InChI=1S/C16H12F4N2O2/c17-13-7-3-4-8-14(13)24-10-15(23)22-21-9-11-5-1-2-6-12(11)16(18,19)20/h1-9H,10H2,(H,22,23)/b21-9-. The number of amides is 1. The number of carbonyl (C=O) groups is 1. The summed E-state index contributed by atoms with van der Waals surface area (Å²) in [6, 6.07) is 10.3. The first-order valence-corrected chi connectivity index (χ1v) is 6.73. The molecule has 0 aliphatic carbocycles. The molecule has 4 nitrogen and oxygen atoms in total. The van der Waals surface area contributed by atoms with Crippen molar-refractivity contribution >= 4 is 12.1 Å². The lowest BCUT2D eigenvalue weighted by Gasteiger charge is -2.09. The average molecular weight is 340 g/mol. The van der Waals surface area contributed by atoms with Gasteiger partial charge >= 0.3 is 6.18 Å². The minimum absolute atomic E-state index is 0.112. The number of nitrogens with zero attached hydrogens (tertiary/aromatic N) is 1. The van der Waals surface area contributed by atoms with Gasteiger partial charge in [0.15, 0.2) is 18.2 Å². The van der Waals surface area contributed by atoms with Gasteiger partial charge in [0.2, 0.25) is 0 Å². The van der Waals surface area contributed by atoms with E-state index in [2.05, 4.69) is 5.10 Å². The van der Waals surface area contributed by atoms with Crippen LogP contribution in [0, 0.1) is 5.82 Å². The Kier molecular flexibility index (Phi) is 5.51. The first kappa shape index (κ1) is 17.5. The van der Waals surface area contributed by atoms with Gasteiger partial charge in [-0.3, -0.25) is 4.79 Å². The molecule has 0 bridgehead atoms. The van der Waals surface area contributed by atoms with E-state index >= 15 is 0 Å². The molecule has 0 atom stereocenters. The summed E-state index contributed by atoms with van der Waals surface area (Å²) in [7, 11) is 0. The molecule has 0 aliphatic rings. The summed E-state index contributed by atoms with van der Waals surface area (Å²) >= 11 is 0. The number of carbonyl (C=O) groups excluding carboxylic acids is 1. The van der Waals surface area contributed by atoms with Crippen LogP contribution >= 0.6 is 0 Å². The zero-order chi connectivity index (χ0) is 17.6. The Morgan fingerprint density at radius 2 is 1.79 bits per heavy atom. The van der Waals surface area contributed by atoms with Crippen LogP contribution in [-0.4, -0.2) is 18.7 Å². The number of ether oxygens (including phenoxy) is 1. The molecule has 1 amide bonds. The van der Waals surface area contributed by atoms with Gasteiger partial charge in [0.25, 0.3) is 5.91 Å². The molecule has 0 heterocycles. The first-order valence-electron chi connectivity index (χ1n) is 6.73. The van der Waals surface area contributed by atoms with Crippen molar-refractivity contribution in [2.45, 2.75) is 6.18 Å². The van der Waals surface area contributed by atoms with E-state index in [9.17, 15) is 22.4 Å². The smallest absolute Gasteiger partial charge is 0.417 e. The van der Waals surface area contributed by atoms with E-state index in [0.717, 1.165) is 12.3 Å². The fourth-order valence-electron chi connectivity index (χ4n) is 1.78. The van der Waals surface area contributed by atoms with Crippen LogP contribution in [0.25, 0.3) is 0 Å². The van der Waals surface area contributed by atoms with Crippen molar-refractivity contribution in [2.75, 3.05) is 6.61 Å². The summed E-state index contributed by atoms with van der Waals surface area (Å²) in [5.74, 6) is -1.48. The SMILES string of the molecule is O=C(COc1ccccc1F)N/N=C\c1ccccc1C(F)(F)F. The number of halogens is 4. The van der Waals surface area contributed by atoms with Crippen molar-refractivity contribution in [3.05, 3.63) is 65.5 Å². The second-order valence-corrected chi connectivity index (χ2v) is 4.60. The molecular weight excluding hydrogens is 328 g/mol. The van der Waals surface area contributed by atoms with Crippen LogP contribution in [0.5, 0.6) is 5.75 Å². The molecule has 24 heavy (non-hydrogen) atoms. The van der Waals surface area contributed by atoms with Gasteiger partial charge in [0.05, 0.1) is 11.8 Å². The van der Waals surface area contributed by atoms with E-state index in [1.165, 1.54) is 42.5 Å². The third-order valence-electron chi connectivity index (χ3n) is 2.85. The van der Waals surface area contributed by atoms with Crippen LogP contribution in [0.4, 0.5) is 17.6 Å². The highest BCUT2D eigenvalue weighted by Crippen LogP contribution is 2.31. The quantitative estimate of drug-likeness (QED) is 0.515. The van der Waals surface area contributed by atoms with Gasteiger partial charge in [-0.1, -0.05) is 30.3 Å². The Bertz CT molecular complexity index is 745. The van der Waals surface area contributed by atoms with Gasteiger partial charge in [-0.25, -0.2) is 9.82 Å². The Hall–Kier alpha value is -2.90. The number of hydrogen-bond donors (Lipinski definition) is 1. The van der Waals surface area contributed by atoms with E-state index < -0.39 is 30.1 Å². The molecule has 8 heteroatoms. The minimum Gasteiger partial charge on any atom is -0.481 e. The van der Waals surface area contributed by atoms with Crippen molar-refractivity contribution in [3.8, 4) is 5.75 Å². The highest BCUT2D eigenvalue weighted by atomic mass is 19.4. The Balaban J connectivity index is 1.93. The molecule has 126 valence electrons. The van der Waals surface area contributed by atoms with E-state index in [4.69, 9.17) is 4.74 Å². The third-order valence-corrected chi connectivity index (χ3v) is 2.85. The predicted molar refractivity (Wildman–Crippen MR) is 79.1 cm³/mol. The molecule has 0 radical (unpaired) electrons. The number of hydrazone groups is 1. The molecule has 2 aromatic carbocycles. The van der Waals surface area contributed by atoms with E-state index in [1.807, 2.05) is 5.43 Å². The molecule has 1 N–H and O–H groups in total. The maximum Gasteiger partial charge on any atom is 0.417 e. The number of benzene rings is 2. The van der Waals surface area contributed by atoms with Gasteiger partial charge < -0.3 is 4.74 Å². The summed E-state index contributed by atoms with van der Waals surface area (Å²) in [6.45, 7) is -0.529. The molecule has 0 aliphatic heterocycles. The monoisotopic (exact) mass is 340 g/mol. The number of para-hydroxylation sites is 1. The molecule has 0 spiro atoms. The van der Waals surface area contributed by atoms with Crippen LogP contribution < -0.4 is 10.2 Å². The maximum atomic E-state index is 13.3. The van der Waals surface area contributed by atoms with Gasteiger partial charge in [-0.15, -0.1) is 0 Å². The van der Waals surface area contributed by atoms with Crippen LogP contribution in [-0.2, 0) is 11.0 Å². The average Bonchev–Trinajstić information content (AvgIpc) is 2.53. The lowest BCUT2D eigenvalue weighted by Crippen LogP contribution is -2.25. The zero-order valence-corrected chi connectivity index (χ0v) is 12.2. The normalized spacial score (nSPS) is 11.5. The molecule has 2 rings (SSSR count). The molecule has 2 aromatic rings. The molecular formula is C16H12F4N2O2. The van der Waals surface area contributed by atoms with E-state index in [0.29, 0.717) is 0 Å². The van der Waals surface area contributed by atoms with Crippen molar-refractivity contribution in [1.29, 1.82) is 0 Å². The topological polar surface area (TPSA) is 50.7 Å². The fraction of sp³-hybridized carbons (Fsp3) is 0.125. The van der Waals surface area contributed by atoms with Gasteiger partial charge in [0.1, 0.15) is 0 Å². The van der Waals surface area contributed by atoms with Crippen molar-refractivity contribution in [3.63, 3.8) is 0 Å². The number of hydrogen-bond acceptors (Lipinski definition) is 3. The Morgan fingerprint density at radius 3 is 2.50 bits per heavy atom. The van der Waals surface area contributed by atoms with Crippen LogP contribution in [0.3, 0.4) is 0 Å². The Morgan fingerprint density at radius 1 is 1.12 bits per heavy atom. The highest BCUT2D eigenvalue weighted by Gasteiger charge is 2.32. The minimum atomic E-state index is -4.53. The molecule has 0 saturated carbocycles. The number of rotatable bonds is 5. The lowest BCUT2D eigenvalue weighted by molar-refractivity contribution is -0.137.